The van der Waals surface area contributed by atoms with Gasteiger partial charge < -0.3 is 4.90 Å². The normalized spacial score (nSPS) is 16.3. The standard InChI is InChI=1S/C18H17ClF4N2/c19-17-11-15(20)5-4-13(17)12-24-6-8-25(9-7-24)16-3-1-2-14(10-16)18(21,22)23/h1-5,10-11H,6-9,12H2. The molecule has 0 aromatic heterocycles. The highest BCUT2D eigenvalue weighted by Gasteiger charge is 2.31. The average Bonchev–Trinajstić information content (AvgIpc) is 2.57. The van der Waals surface area contributed by atoms with Gasteiger partial charge in [-0.3, -0.25) is 4.90 Å². The van der Waals surface area contributed by atoms with Crippen molar-refractivity contribution >= 4 is 17.3 Å². The van der Waals surface area contributed by atoms with Gasteiger partial charge in [-0.1, -0.05) is 23.7 Å². The van der Waals surface area contributed by atoms with Crippen LogP contribution in [-0.2, 0) is 12.7 Å². The summed E-state index contributed by atoms with van der Waals surface area (Å²) in [5.74, 6) is -0.372. The van der Waals surface area contributed by atoms with Crippen LogP contribution in [0.3, 0.4) is 0 Å². The molecule has 25 heavy (non-hydrogen) atoms. The number of benzene rings is 2. The van der Waals surface area contributed by atoms with Gasteiger partial charge >= 0.3 is 6.18 Å². The van der Waals surface area contributed by atoms with Gasteiger partial charge in [-0.15, -0.1) is 0 Å². The van der Waals surface area contributed by atoms with Crippen LogP contribution in [0, 0.1) is 5.82 Å². The maximum atomic E-state index is 13.1. The Kier molecular flexibility index (Phi) is 5.20. The van der Waals surface area contributed by atoms with E-state index in [9.17, 15) is 17.6 Å². The Morgan fingerprint density at radius 3 is 2.32 bits per heavy atom. The van der Waals surface area contributed by atoms with E-state index in [4.69, 9.17) is 11.6 Å². The summed E-state index contributed by atoms with van der Waals surface area (Å²) in [6, 6.07) is 9.72. The SMILES string of the molecule is Fc1ccc(CN2CCN(c3cccc(C(F)(F)F)c3)CC2)c(Cl)c1. The molecule has 7 heteroatoms. The van der Waals surface area contributed by atoms with E-state index in [0.717, 1.165) is 11.6 Å². The lowest BCUT2D eigenvalue weighted by molar-refractivity contribution is -0.137. The Morgan fingerprint density at radius 2 is 1.68 bits per heavy atom. The summed E-state index contributed by atoms with van der Waals surface area (Å²) in [7, 11) is 0. The molecule has 0 radical (unpaired) electrons. The summed E-state index contributed by atoms with van der Waals surface area (Å²) in [6.45, 7) is 3.24. The smallest absolute Gasteiger partial charge is 0.369 e. The van der Waals surface area contributed by atoms with Gasteiger partial charge in [0.2, 0.25) is 0 Å². The Hall–Kier alpha value is -1.79. The van der Waals surface area contributed by atoms with Gasteiger partial charge in [0.25, 0.3) is 0 Å². The minimum Gasteiger partial charge on any atom is -0.369 e. The van der Waals surface area contributed by atoms with E-state index in [1.807, 2.05) is 4.90 Å². The fourth-order valence-electron chi connectivity index (χ4n) is 2.93. The molecule has 2 aromatic rings. The lowest BCUT2D eigenvalue weighted by Crippen LogP contribution is -2.46. The third-order valence-electron chi connectivity index (χ3n) is 4.32. The lowest BCUT2D eigenvalue weighted by atomic mass is 10.1. The highest BCUT2D eigenvalue weighted by molar-refractivity contribution is 6.31. The van der Waals surface area contributed by atoms with Crippen molar-refractivity contribution in [1.82, 2.24) is 4.90 Å². The Morgan fingerprint density at radius 1 is 0.960 bits per heavy atom. The first-order valence-corrected chi connectivity index (χ1v) is 8.29. The van der Waals surface area contributed by atoms with Crippen LogP contribution in [-0.4, -0.2) is 31.1 Å². The van der Waals surface area contributed by atoms with E-state index in [1.165, 1.54) is 24.3 Å². The second-order valence-electron chi connectivity index (χ2n) is 6.05. The van der Waals surface area contributed by atoms with Gasteiger partial charge in [0.1, 0.15) is 5.82 Å². The summed E-state index contributed by atoms with van der Waals surface area (Å²) >= 11 is 6.05. The summed E-state index contributed by atoms with van der Waals surface area (Å²) in [5, 5.41) is 0.389. The van der Waals surface area contributed by atoms with Gasteiger partial charge in [0.15, 0.2) is 0 Å². The van der Waals surface area contributed by atoms with Crippen LogP contribution in [0.4, 0.5) is 23.2 Å². The second kappa shape index (κ2) is 7.22. The molecule has 0 unspecified atom stereocenters. The number of hydrogen-bond donors (Lipinski definition) is 0. The molecule has 134 valence electrons. The second-order valence-corrected chi connectivity index (χ2v) is 6.45. The summed E-state index contributed by atoms with van der Waals surface area (Å²) in [6.07, 6.45) is -4.34. The van der Waals surface area contributed by atoms with Crippen LogP contribution >= 0.6 is 11.6 Å². The van der Waals surface area contributed by atoms with Gasteiger partial charge in [0.05, 0.1) is 5.56 Å². The zero-order valence-corrected chi connectivity index (χ0v) is 14.1. The molecule has 2 nitrogen and oxygen atoms in total. The molecule has 0 saturated carbocycles. The molecule has 1 aliphatic heterocycles. The molecule has 1 aliphatic rings. The van der Waals surface area contributed by atoms with E-state index in [-0.39, 0.29) is 5.82 Å². The Labute approximate surface area is 148 Å². The monoisotopic (exact) mass is 372 g/mol. The highest BCUT2D eigenvalue weighted by atomic mass is 35.5. The molecule has 0 aliphatic carbocycles. The molecule has 0 spiro atoms. The molecule has 0 atom stereocenters. The number of rotatable bonds is 3. The largest absolute Gasteiger partial charge is 0.416 e. The summed E-state index contributed by atoms with van der Waals surface area (Å²) in [4.78, 5) is 4.10. The topological polar surface area (TPSA) is 6.48 Å². The van der Waals surface area contributed by atoms with Gasteiger partial charge in [0, 0.05) is 43.4 Å². The van der Waals surface area contributed by atoms with E-state index >= 15 is 0 Å². The average molecular weight is 373 g/mol. The molecular formula is C18H17ClF4N2. The quantitative estimate of drug-likeness (QED) is 0.713. The molecule has 0 amide bonds. The van der Waals surface area contributed by atoms with Crippen LogP contribution in [0.25, 0.3) is 0 Å². The van der Waals surface area contributed by atoms with Gasteiger partial charge in [-0.25, -0.2) is 4.39 Å². The maximum absolute atomic E-state index is 13.1. The third kappa shape index (κ3) is 4.44. The zero-order valence-electron chi connectivity index (χ0n) is 13.4. The summed E-state index contributed by atoms with van der Waals surface area (Å²) in [5.41, 5.74) is 0.787. The first-order chi connectivity index (χ1) is 11.8. The van der Waals surface area contributed by atoms with Crippen molar-refractivity contribution in [3.63, 3.8) is 0 Å². The van der Waals surface area contributed by atoms with Crippen LogP contribution in [0.15, 0.2) is 42.5 Å². The predicted molar refractivity (Wildman–Crippen MR) is 90.3 cm³/mol. The number of halogens is 5. The van der Waals surface area contributed by atoms with Crippen molar-refractivity contribution in [2.24, 2.45) is 0 Å². The first-order valence-electron chi connectivity index (χ1n) is 7.91. The molecule has 0 bridgehead atoms. The minimum atomic E-state index is -4.34. The van der Waals surface area contributed by atoms with Crippen molar-refractivity contribution in [2.75, 3.05) is 31.1 Å². The van der Waals surface area contributed by atoms with Crippen molar-refractivity contribution in [2.45, 2.75) is 12.7 Å². The van der Waals surface area contributed by atoms with Crippen LogP contribution in [0.1, 0.15) is 11.1 Å². The zero-order chi connectivity index (χ0) is 18.0. The first kappa shape index (κ1) is 18.0. The molecule has 1 fully saturated rings. The van der Waals surface area contributed by atoms with E-state index in [1.54, 1.807) is 12.1 Å². The number of anilines is 1. The molecule has 3 rings (SSSR count). The molecule has 1 heterocycles. The Bertz CT molecular complexity index is 740. The van der Waals surface area contributed by atoms with Crippen LogP contribution < -0.4 is 4.90 Å². The maximum Gasteiger partial charge on any atom is 0.416 e. The fraction of sp³-hybridized carbons (Fsp3) is 0.333. The third-order valence-corrected chi connectivity index (χ3v) is 4.67. The van der Waals surface area contributed by atoms with E-state index in [0.29, 0.717) is 43.4 Å². The van der Waals surface area contributed by atoms with Crippen molar-refractivity contribution in [3.05, 3.63) is 64.4 Å². The molecule has 2 aromatic carbocycles. The molecular weight excluding hydrogens is 356 g/mol. The molecule has 1 saturated heterocycles. The van der Waals surface area contributed by atoms with Crippen molar-refractivity contribution in [3.8, 4) is 0 Å². The minimum absolute atomic E-state index is 0.372. The number of piperazine rings is 1. The number of alkyl halides is 3. The predicted octanol–water partition coefficient (Wildman–Crippen LogP) is 4.82. The number of hydrogen-bond acceptors (Lipinski definition) is 2. The summed E-state index contributed by atoms with van der Waals surface area (Å²) < 4.78 is 51.6. The van der Waals surface area contributed by atoms with E-state index in [2.05, 4.69) is 4.90 Å². The molecule has 0 N–H and O–H groups in total. The van der Waals surface area contributed by atoms with Gasteiger partial charge in [-0.2, -0.15) is 13.2 Å². The van der Waals surface area contributed by atoms with Crippen LogP contribution in [0.2, 0.25) is 5.02 Å². The fourth-order valence-corrected chi connectivity index (χ4v) is 3.16. The van der Waals surface area contributed by atoms with Crippen molar-refractivity contribution < 1.29 is 17.6 Å². The Balaban J connectivity index is 1.62. The van der Waals surface area contributed by atoms with Crippen LogP contribution in [0.5, 0.6) is 0 Å². The van der Waals surface area contributed by atoms with E-state index < -0.39 is 11.7 Å². The van der Waals surface area contributed by atoms with Crippen molar-refractivity contribution in [1.29, 1.82) is 0 Å². The number of nitrogens with zero attached hydrogens (tertiary/aromatic N) is 2. The lowest BCUT2D eigenvalue weighted by Gasteiger charge is -2.36. The van der Waals surface area contributed by atoms with Gasteiger partial charge in [-0.05, 0) is 35.9 Å². The highest BCUT2D eigenvalue weighted by Crippen LogP contribution is 2.32.